The van der Waals surface area contributed by atoms with E-state index in [1.54, 1.807) is 11.1 Å². The lowest BCUT2D eigenvalue weighted by Crippen LogP contribution is -2.44. The Labute approximate surface area is 185 Å². The van der Waals surface area contributed by atoms with Gasteiger partial charge in [-0.25, -0.2) is 9.78 Å². The van der Waals surface area contributed by atoms with Gasteiger partial charge in [0, 0.05) is 12.6 Å². The van der Waals surface area contributed by atoms with Crippen molar-refractivity contribution >= 4 is 29.0 Å². The van der Waals surface area contributed by atoms with Gasteiger partial charge in [-0.15, -0.1) is 0 Å². The molecule has 2 heterocycles. The third-order valence-electron chi connectivity index (χ3n) is 4.92. The molecular weight excluding hydrogens is 410 g/mol. The van der Waals surface area contributed by atoms with Gasteiger partial charge in [-0.3, -0.25) is 9.78 Å². The number of rotatable bonds is 7. The van der Waals surface area contributed by atoms with Crippen molar-refractivity contribution in [3.63, 3.8) is 0 Å². The van der Waals surface area contributed by atoms with Crippen LogP contribution in [0.2, 0.25) is 0 Å². The van der Waals surface area contributed by atoms with E-state index in [2.05, 4.69) is 9.97 Å². The molecule has 0 bridgehead atoms. The lowest BCUT2D eigenvalue weighted by Gasteiger charge is -2.30. The number of hydrogen-bond acceptors (Lipinski definition) is 7. The largest absolute Gasteiger partial charge is 0.486 e. The van der Waals surface area contributed by atoms with E-state index in [9.17, 15) is 9.59 Å². The van der Waals surface area contributed by atoms with Crippen molar-refractivity contribution in [1.29, 1.82) is 0 Å². The van der Waals surface area contributed by atoms with E-state index < -0.39 is 5.97 Å². The Morgan fingerprint density at radius 3 is 2.69 bits per heavy atom. The molecule has 8 heteroatoms. The van der Waals surface area contributed by atoms with Gasteiger partial charge in [0.25, 0.3) is 5.91 Å². The molecule has 32 heavy (non-hydrogen) atoms. The summed E-state index contributed by atoms with van der Waals surface area (Å²) in [6.07, 6.45) is 4.02. The molecule has 1 aromatic heterocycles. The lowest BCUT2D eigenvalue weighted by molar-refractivity contribution is -0.148. The molecule has 1 unspecified atom stereocenters. The number of amides is 1. The van der Waals surface area contributed by atoms with E-state index >= 15 is 0 Å². The zero-order chi connectivity index (χ0) is 22.3. The average Bonchev–Trinajstić information content (AvgIpc) is 2.84. The normalized spacial score (nSPS) is 15.0. The van der Waals surface area contributed by atoms with Crippen LogP contribution in [-0.4, -0.2) is 59.2 Å². The van der Waals surface area contributed by atoms with Gasteiger partial charge in [0.2, 0.25) is 0 Å². The summed E-state index contributed by atoms with van der Waals surface area (Å²) in [6.45, 7) is 2.64. The van der Waals surface area contributed by atoms with E-state index in [0.717, 1.165) is 11.0 Å². The van der Waals surface area contributed by atoms with Crippen LogP contribution < -0.4 is 9.47 Å². The summed E-state index contributed by atoms with van der Waals surface area (Å²) in [4.78, 5) is 34.8. The van der Waals surface area contributed by atoms with E-state index in [0.29, 0.717) is 36.9 Å². The van der Waals surface area contributed by atoms with Gasteiger partial charge in [-0.1, -0.05) is 24.3 Å². The fraction of sp³-hybridized carbons (Fsp3) is 0.250. The maximum atomic E-state index is 12.5. The number of carbonyl (C=O) groups is 2. The molecular formula is C24H23N3O5. The second kappa shape index (κ2) is 9.91. The smallest absolute Gasteiger partial charge is 0.331 e. The van der Waals surface area contributed by atoms with Crippen LogP contribution in [-0.2, 0) is 14.3 Å². The predicted octanol–water partition coefficient (Wildman–Crippen LogP) is 2.87. The first kappa shape index (κ1) is 21.3. The zero-order valence-electron chi connectivity index (χ0n) is 17.6. The number of nitrogens with zero attached hydrogens (tertiary/aromatic N) is 3. The van der Waals surface area contributed by atoms with Gasteiger partial charge in [-0.2, -0.15) is 0 Å². The van der Waals surface area contributed by atoms with Gasteiger partial charge in [0.1, 0.15) is 6.61 Å². The summed E-state index contributed by atoms with van der Waals surface area (Å²) in [5.41, 5.74) is 2.03. The number of ether oxygens (including phenoxy) is 3. The van der Waals surface area contributed by atoms with Gasteiger partial charge >= 0.3 is 5.97 Å². The minimum Gasteiger partial charge on any atom is -0.486 e. The molecule has 0 spiro atoms. The molecule has 0 saturated heterocycles. The molecule has 4 rings (SSSR count). The number of benzene rings is 2. The third-order valence-corrected chi connectivity index (χ3v) is 4.92. The fourth-order valence-electron chi connectivity index (χ4n) is 3.28. The van der Waals surface area contributed by atoms with E-state index in [1.807, 2.05) is 55.5 Å². The number of likely N-dealkylation sites (N-methyl/N-ethyl adjacent to an activating group) is 1. The Bertz CT molecular complexity index is 1150. The summed E-state index contributed by atoms with van der Waals surface area (Å²) in [5.74, 6) is 0.410. The lowest BCUT2D eigenvalue weighted by atomic mass is 10.2. The second-order valence-electron chi connectivity index (χ2n) is 7.15. The van der Waals surface area contributed by atoms with Gasteiger partial charge in [0.05, 0.1) is 29.5 Å². The van der Waals surface area contributed by atoms with Gasteiger partial charge < -0.3 is 19.1 Å². The minimum atomic E-state index is -0.629. The molecule has 0 fully saturated rings. The number of aromatic nitrogens is 2. The standard InChI is InChI=1S/C24H23N3O5/c1-2-27(14-18-15-30-21-9-5-6-10-22(21)32-18)23(28)16-31-24(29)12-11-17-13-25-19-7-3-4-8-20(19)26-17/h3-13,18H,2,14-16H2,1H3/b12-11+. The first-order chi connectivity index (χ1) is 15.6. The molecule has 1 aliphatic rings. The highest BCUT2D eigenvalue weighted by atomic mass is 16.6. The van der Waals surface area contributed by atoms with E-state index in [4.69, 9.17) is 14.2 Å². The zero-order valence-corrected chi connectivity index (χ0v) is 17.6. The van der Waals surface area contributed by atoms with E-state index in [-0.39, 0.29) is 18.6 Å². The molecule has 8 nitrogen and oxygen atoms in total. The first-order valence-electron chi connectivity index (χ1n) is 10.3. The molecule has 1 atom stereocenters. The second-order valence-corrected chi connectivity index (χ2v) is 7.15. The maximum Gasteiger partial charge on any atom is 0.331 e. The Morgan fingerprint density at radius 1 is 1.12 bits per heavy atom. The molecule has 0 radical (unpaired) electrons. The topological polar surface area (TPSA) is 90.8 Å². The monoisotopic (exact) mass is 433 g/mol. The van der Waals surface area contributed by atoms with Crippen LogP contribution in [0.3, 0.4) is 0 Å². The first-order valence-corrected chi connectivity index (χ1v) is 10.3. The Morgan fingerprint density at radius 2 is 1.88 bits per heavy atom. The number of hydrogen-bond donors (Lipinski definition) is 0. The Hall–Kier alpha value is -3.94. The van der Waals surface area contributed by atoms with Crippen LogP contribution in [0.15, 0.2) is 60.8 Å². The van der Waals surface area contributed by atoms with Crippen LogP contribution >= 0.6 is 0 Å². The molecule has 3 aromatic rings. The highest BCUT2D eigenvalue weighted by Gasteiger charge is 2.25. The third kappa shape index (κ3) is 5.21. The Balaban J connectivity index is 1.27. The minimum absolute atomic E-state index is 0.295. The summed E-state index contributed by atoms with van der Waals surface area (Å²) in [6, 6.07) is 14.9. The Kier molecular flexibility index (Phi) is 6.60. The summed E-state index contributed by atoms with van der Waals surface area (Å²) >= 11 is 0. The van der Waals surface area contributed by atoms with Crippen molar-refractivity contribution in [3.8, 4) is 11.5 Å². The van der Waals surface area contributed by atoms with E-state index in [1.165, 1.54) is 12.2 Å². The average molecular weight is 433 g/mol. The SMILES string of the molecule is CCN(CC1COc2ccccc2O1)C(=O)COC(=O)/C=C/c1cnc2ccccc2n1. The molecule has 0 N–H and O–H groups in total. The van der Waals surface area contributed by atoms with Crippen LogP contribution in [0, 0.1) is 0 Å². The van der Waals surface area contributed by atoms with Crippen LogP contribution in [0.25, 0.3) is 17.1 Å². The molecule has 0 aliphatic carbocycles. The highest BCUT2D eigenvalue weighted by molar-refractivity contribution is 5.89. The van der Waals surface area contributed by atoms with Crippen molar-refractivity contribution in [2.45, 2.75) is 13.0 Å². The molecule has 164 valence electrons. The number of esters is 1. The van der Waals surface area contributed by atoms with Crippen LogP contribution in [0.1, 0.15) is 12.6 Å². The van der Waals surface area contributed by atoms with Crippen molar-refractivity contribution in [2.75, 3.05) is 26.3 Å². The summed E-state index contributed by atoms with van der Waals surface area (Å²) in [7, 11) is 0. The summed E-state index contributed by atoms with van der Waals surface area (Å²) < 4.78 is 16.7. The quantitative estimate of drug-likeness (QED) is 0.418. The molecule has 1 amide bonds. The van der Waals surface area contributed by atoms with Crippen LogP contribution in [0.5, 0.6) is 11.5 Å². The molecule has 2 aromatic carbocycles. The molecule has 0 saturated carbocycles. The summed E-state index contributed by atoms with van der Waals surface area (Å²) in [5, 5.41) is 0. The number of carbonyl (C=O) groups excluding carboxylic acids is 2. The number of para-hydroxylation sites is 4. The van der Waals surface area contributed by atoms with Crippen molar-refractivity contribution in [2.24, 2.45) is 0 Å². The number of fused-ring (bicyclic) bond motifs is 2. The van der Waals surface area contributed by atoms with Crippen LogP contribution in [0.4, 0.5) is 0 Å². The molecule has 1 aliphatic heterocycles. The van der Waals surface area contributed by atoms with Crippen molar-refractivity contribution < 1.29 is 23.8 Å². The van der Waals surface area contributed by atoms with Crippen molar-refractivity contribution in [3.05, 3.63) is 66.5 Å². The fourth-order valence-corrected chi connectivity index (χ4v) is 3.28. The highest BCUT2D eigenvalue weighted by Crippen LogP contribution is 2.31. The maximum absolute atomic E-state index is 12.5. The predicted molar refractivity (Wildman–Crippen MR) is 118 cm³/mol. The van der Waals surface area contributed by atoms with Gasteiger partial charge in [0.15, 0.2) is 24.2 Å². The van der Waals surface area contributed by atoms with Gasteiger partial charge in [-0.05, 0) is 37.3 Å². The van der Waals surface area contributed by atoms with Crippen molar-refractivity contribution in [1.82, 2.24) is 14.9 Å².